The van der Waals surface area contributed by atoms with E-state index in [4.69, 9.17) is 11.6 Å². The number of hydrogen-bond acceptors (Lipinski definition) is 3. The second-order valence-corrected chi connectivity index (χ2v) is 3.80. The molecule has 0 unspecified atom stereocenters. The Morgan fingerprint density at radius 1 is 1.77 bits per heavy atom. The third kappa shape index (κ3) is 3.32. The van der Waals surface area contributed by atoms with Crippen LogP contribution in [0, 0.1) is 6.92 Å². The first-order valence-electron chi connectivity index (χ1n) is 3.95. The first kappa shape index (κ1) is 10.5. The van der Waals surface area contributed by atoms with E-state index < -0.39 is 0 Å². The van der Waals surface area contributed by atoms with Gasteiger partial charge >= 0.3 is 0 Å². The van der Waals surface area contributed by atoms with E-state index in [9.17, 15) is 4.79 Å². The molecule has 3 nitrogen and oxygen atoms in total. The summed E-state index contributed by atoms with van der Waals surface area (Å²) in [7, 11) is 0. The molecule has 1 aromatic heterocycles. The lowest BCUT2D eigenvalue weighted by Crippen LogP contribution is -2.26. The number of halogens is 1. The Hall–Kier alpha value is -0.610. The summed E-state index contributed by atoms with van der Waals surface area (Å²) >= 11 is 6.94. The number of hydrogen-bond donors (Lipinski definition) is 1. The van der Waals surface area contributed by atoms with Crippen molar-refractivity contribution in [3.05, 3.63) is 16.1 Å². The second-order valence-electron chi connectivity index (χ2n) is 2.59. The SMILES string of the molecule is Cc1ncsc1CCNC(=O)CCl. The van der Waals surface area contributed by atoms with Crippen LogP contribution in [0.25, 0.3) is 0 Å². The smallest absolute Gasteiger partial charge is 0.234 e. The summed E-state index contributed by atoms with van der Waals surface area (Å²) in [4.78, 5) is 16.1. The van der Waals surface area contributed by atoms with E-state index in [-0.39, 0.29) is 11.8 Å². The van der Waals surface area contributed by atoms with Crippen molar-refractivity contribution < 1.29 is 4.79 Å². The molecule has 5 heteroatoms. The number of carbonyl (C=O) groups excluding carboxylic acids is 1. The van der Waals surface area contributed by atoms with Crippen LogP contribution in [-0.2, 0) is 11.2 Å². The summed E-state index contributed by atoms with van der Waals surface area (Å²) in [6.07, 6.45) is 0.832. The van der Waals surface area contributed by atoms with Crippen LogP contribution in [0.4, 0.5) is 0 Å². The van der Waals surface area contributed by atoms with Crippen molar-refractivity contribution in [2.45, 2.75) is 13.3 Å². The highest BCUT2D eigenvalue weighted by Crippen LogP contribution is 2.11. The number of aryl methyl sites for hydroxylation is 1. The van der Waals surface area contributed by atoms with Gasteiger partial charge in [-0.15, -0.1) is 22.9 Å². The molecular weight excluding hydrogens is 208 g/mol. The first-order chi connectivity index (χ1) is 6.24. The van der Waals surface area contributed by atoms with Gasteiger partial charge in [-0.05, 0) is 6.92 Å². The third-order valence-corrected chi connectivity index (χ3v) is 2.88. The van der Waals surface area contributed by atoms with Crippen LogP contribution in [0.15, 0.2) is 5.51 Å². The summed E-state index contributed by atoms with van der Waals surface area (Å²) < 4.78 is 0. The maximum atomic E-state index is 10.8. The van der Waals surface area contributed by atoms with Crippen LogP contribution in [-0.4, -0.2) is 23.3 Å². The van der Waals surface area contributed by atoms with Crippen LogP contribution in [0.1, 0.15) is 10.6 Å². The fourth-order valence-corrected chi connectivity index (χ4v) is 1.80. The number of nitrogens with zero attached hydrogens (tertiary/aromatic N) is 1. The predicted octanol–water partition coefficient (Wildman–Crippen LogP) is 1.35. The Morgan fingerprint density at radius 3 is 3.08 bits per heavy atom. The number of carbonyl (C=O) groups is 1. The van der Waals surface area contributed by atoms with Gasteiger partial charge in [-0.2, -0.15) is 0 Å². The van der Waals surface area contributed by atoms with Crippen molar-refractivity contribution in [2.75, 3.05) is 12.4 Å². The van der Waals surface area contributed by atoms with Gasteiger partial charge in [-0.1, -0.05) is 0 Å². The summed E-state index contributed by atoms with van der Waals surface area (Å²) in [5, 5.41) is 2.71. The van der Waals surface area contributed by atoms with Gasteiger partial charge in [0.1, 0.15) is 5.88 Å². The molecule has 1 amide bonds. The highest BCUT2D eigenvalue weighted by molar-refractivity contribution is 7.09. The minimum atomic E-state index is -0.121. The molecule has 13 heavy (non-hydrogen) atoms. The molecule has 0 spiro atoms. The zero-order chi connectivity index (χ0) is 9.68. The molecule has 0 radical (unpaired) electrons. The molecule has 1 aromatic rings. The van der Waals surface area contributed by atoms with E-state index in [0.717, 1.165) is 12.1 Å². The molecule has 0 aromatic carbocycles. The molecule has 1 rings (SSSR count). The quantitative estimate of drug-likeness (QED) is 0.776. The second kappa shape index (κ2) is 5.19. The minimum absolute atomic E-state index is 0.0294. The van der Waals surface area contributed by atoms with Crippen molar-refractivity contribution >= 4 is 28.8 Å². The first-order valence-corrected chi connectivity index (χ1v) is 5.37. The monoisotopic (exact) mass is 218 g/mol. The lowest BCUT2D eigenvalue weighted by atomic mass is 10.3. The highest BCUT2D eigenvalue weighted by atomic mass is 35.5. The highest BCUT2D eigenvalue weighted by Gasteiger charge is 2.02. The van der Waals surface area contributed by atoms with Crippen molar-refractivity contribution in [2.24, 2.45) is 0 Å². The summed E-state index contributed by atoms with van der Waals surface area (Å²) in [5.41, 5.74) is 2.86. The van der Waals surface area contributed by atoms with Gasteiger partial charge in [0.2, 0.25) is 5.91 Å². The van der Waals surface area contributed by atoms with Gasteiger partial charge in [-0.25, -0.2) is 4.98 Å². The lowest BCUT2D eigenvalue weighted by Gasteiger charge is -2.00. The largest absolute Gasteiger partial charge is 0.355 e. The Kier molecular flexibility index (Phi) is 4.18. The normalized spacial score (nSPS) is 10.0. The van der Waals surface area contributed by atoms with Crippen LogP contribution in [0.3, 0.4) is 0 Å². The van der Waals surface area contributed by atoms with Crippen LogP contribution in [0.2, 0.25) is 0 Å². The number of alkyl halides is 1. The zero-order valence-corrected chi connectivity index (χ0v) is 8.91. The van der Waals surface area contributed by atoms with Crippen molar-refractivity contribution in [1.29, 1.82) is 0 Å². The average molecular weight is 219 g/mol. The average Bonchev–Trinajstić information content (AvgIpc) is 2.52. The molecule has 0 aliphatic carbocycles. The van der Waals surface area contributed by atoms with E-state index in [1.165, 1.54) is 4.88 Å². The van der Waals surface area contributed by atoms with Gasteiger partial charge in [0.25, 0.3) is 0 Å². The van der Waals surface area contributed by atoms with E-state index in [1.807, 2.05) is 12.4 Å². The van der Waals surface area contributed by atoms with E-state index >= 15 is 0 Å². The summed E-state index contributed by atoms with van der Waals surface area (Å²) in [6, 6.07) is 0. The van der Waals surface area contributed by atoms with Gasteiger partial charge < -0.3 is 5.32 Å². The number of amides is 1. The molecular formula is C8H11ClN2OS. The molecule has 0 aliphatic rings. The van der Waals surface area contributed by atoms with E-state index in [1.54, 1.807) is 11.3 Å². The van der Waals surface area contributed by atoms with Crippen LogP contribution < -0.4 is 5.32 Å². The molecule has 0 aliphatic heterocycles. The molecule has 0 atom stereocenters. The fourth-order valence-electron chi connectivity index (χ4n) is 0.929. The fraction of sp³-hybridized carbons (Fsp3) is 0.500. The number of thiazole rings is 1. The van der Waals surface area contributed by atoms with Gasteiger partial charge in [0, 0.05) is 17.8 Å². The molecule has 1 N–H and O–H groups in total. The standard InChI is InChI=1S/C8H11ClN2OS/c1-6-7(13-5-11-6)2-3-10-8(12)4-9/h5H,2-4H2,1H3,(H,10,12). The molecule has 0 fully saturated rings. The van der Waals surface area contributed by atoms with Gasteiger partial charge in [0.15, 0.2) is 0 Å². The minimum Gasteiger partial charge on any atom is -0.355 e. The summed E-state index contributed by atoms with van der Waals surface area (Å²) in [5.74, 6) is -0.0920. The van der Waals surface area contributed by atoms with Crippen molar-refractivity contribution in [3.8, 4) is 0 Å². The lowest BCUT2D eigenvalue weighted by molar-refractivity contribution is -0.118. The zero-order valence-electron chi connectivity index (χ0n) is 7.34. The molecule has 0 bridgehead atoms. The maximum absolute atomic E-state index is 10.8. The Labute approximate surface area is 86.1 Å². The van der Waals surface area contributed by atoms with Gasteiger partial charge in [0.05, 0.1) is 11.2 Å². The molecule has 1 heterocycles. The number of nitrogens with one attached hydrogen (secondary N) is 1. The number of rotatable bonds is 4. The third-order valence-electron chi connectivity index (χ3n) is 1.64. The number of aromatic nitrogens is 1. The molecule has 0 saturated carbocycles. The Morgan fingerprint density at radius 2 is 2.54 bits per heavy atom. The van der Waals surface area contributed by atoms with Crippen molar-refractivity contribution in [1.82, 2.24) is 10.3 Å². The molecule has 72 valence electrons. The Balaban J connectivity index is 2.28. The van der Waals surface area contributed by atoms with Crippen LogP contribution >= 0.6 is 22.9 Å². The Bertz CT molecular complexity index is 287. The van der Waals surface area contributed by atoms with Crippen molar-refractivity contribution in [3.63, 3.8) is 0 Å². The van der Waals surface area contributed by atoms with Gasteiger partial charge in [-0.3, -0.25) is 4.79 Å². The predicted molar refractivity (Wildman–Crippen MR) is 54.3 cm³/mol. The topological polar surface area (TPSA) is 42.0 Å². The van der Waals surface area contributed by atoms with E-state index in [2.05, 4.69) is 10.3 Å². The van der Waals surface area contributed by atoms with Crippen LogP contribution in [0.5, 0.6) is 0 Å². The maximum Gasteiger partial charge on any atom is 0.234 e. The summed E-state index contributed by atoms with van der Waals surface area (Å²) in [6.45, 7) is 2.60. The molecule has 0 saturated heterocycles. The van der Waals surface area contributed by atoms with E-state index in [0.29, 0.717) is 6.54 Å².